The van der Waals surface area contributed by atoms with Gasteiger partial charge in [0.2, 0.25) is 5.91 Å². The maximum Gasteiger partial charge on any atom is 0.416 e. The van der Waals surface area contributed by atoms with Crippen molar-refractivity contribution < 1.29 is 26.4 Å². The smallest absolute Gasteiger partial charge is 0.351 e. The molecule has 0 aliphatic carbocycles. The minimum atomic E-state index is -4.84. The van der Waals surface area contributed by atoms with E-state index >= 15 is 0 Å². The lowest BCUT2D eigenvalue weighted by Gasteiger charge is -2.34. The number of aromatic nitrogens is 2. The van der Waals surface area contributed by atoms with Crippen molar-refractivity contribution in [2.75, 3.05) is 18.8 Å². The van der Waals surface area contributed by atoms with Crippen molar-refractivity contribution in [3.05, 3.63) is 67.7 Å². The molecule has 3 N–H and O–H groups in total. The first kappa shape index (κ1) is 32.2. The Hall–Kier alpha value is -2.71. The maximum absolute atomic E-state index is 14.3. The lowest BCUT2D eigenvalue weighted by atomic mass is 10.00. The summed E-state index contributed by atoms with van der Waals surface area (Å²) < 4.78 is 69.2. The van der Waals surface area contributed by atoms with E-state index < -0.39 is 33.2 Å². The predicted octanol–water partition coefficient (Wildman–Crippen LogP) is 3.99. The van der Waals surface area contributed by atoms with Crippen molar-refractivity contribution in [2.45, 2.75) is 62.9 Å². The van der Waals surface area contributed by atoms with Gasteiger partial charge in [-0.3, -0.25) is 19.1 Å². The number of hydrogen-bond acceptors (Lipinski definition) is 7. The van der Waals surface area contributed by atoms with Crippen molar-refractivity contribution in [1.82, 2.24) is 19.8 Å². The van der Waals surface area contributed by atoms with Crippen LogP contribution in [0, 0.1) is 0 Å². The molecule has 0 unspecified atom stereocenters. The number of piperidine rings is 1. The summed E-state index contributed by atoms with van der Waals surface area (Å²) in [7, 11) is -3.69. The summed E-state index contributed by atoms with van der Waals surface area (Å²) in [6.07, 6.45) is -2.43. The number of nitrogens with one attached hydrogen (secondary N) is 1. The van der Waals surface area contributed by atoms with E-state index in [-0.39, 0.29) is 67.8 Å². The van der Waals surface area contributed by atoms with Crippen LogP contribution in [-0.2, 0) is 33.9 Å². The number of carbonyl (C=O) groups excluding carboxylic acids is 1. The van der Waals surface area contributed by atoms with Gasteiger partial charge in [0.25, 0.3) is 5.56 Å². The predicted molar refractivity (Wildman–Crippen MR) is 154 cm³/mol. The van der Waals surface area contributed by atoms with Crippen molar-refractivity contribution in [1.29, 1.82) is 0 Å². The summed E-state index contributed by atoms with van der Waals surface area (Å²) >= 11 is 12.6. The first-order valence-electron chi connectivity index (χ1n) is 13.2. The molecule has 4 rings (SSSR count). The highest BCUT2D eigenvalue weighted by atomic mass is 35.5. The Bertz CT molecular complexity index is 1680. The standard InChI is InChI=1S/C27H30Cl2F3N5O4S/c1-3-42(40,41)22-7-6-17(28)9-16(22)11-37-14-34-24-19(26(37)39)10-21(27(30,31)32)20(23(24)29)13-36-8-4-5-18(12-36)35-25(38)15(2)33/h6-7,9-10,14-15,18H,3-5,8,11-13,33H2,1-2H3,(H,35,38)/t15-,18+/m1/s1. The molecule has 15 heteroatoms. The number of rotatable bonds is 8. The van der Waals surface area contributed by atoms with Crippen LogP contribution in [0.25, 0.3) is 10.9 Å². The Morgan fingerprint density at radius 3 is 2.60 bits per heavy atom. The van der Waals surface area contributed by atoms with Crippen LogP contribution in [0.15, 0.2) is 40.3 Å². The third kappa shape index (κ3) is 6.91. The van der Waals surface area contributed by atoms with Gasteiger partial charge in [0.15, 0.2) is 9.84 Å². The number of hydrogen-bond donors (Lipinski definition) is 2. The van der Waals surface area contributed by atoms with Gasteiger partial charge in [-0.2, -0.15) is 13.2 Å². The molecule has 1 saturated heterocycles. The second kappa shape index (κ2) is 12.5. The van der Waals surface area contributed by atoms with E-state index in [0.29, 0.717) is 25.9 Å². The first-order valence-corrected chi connectivity index (χ1v) is 15.6. The molecule has 0 spiro atoms. The van der Waals surface area contributed by atoms with Gasteiger partial charge in [-0.1, -0.05) is 30.1 Å². The van der Waals surface area contributed by atoms with Crippen molar-refractivity contribution >= 4 is 49.8 Å². The molecule has 1 fully saturated rings. The summed E-state index contributed by atoms with van der Waals surface area (Å²) in [5.74, 6) is -0.546. The average molecular weight is 649 g/mol. The molecule has 2 aromatic carbocycles. The van der Waals surface area contributed by atoms with Crippen LogP contribution in [0.2, 0.25) is 10.0 Å². The molecule has 42 heavy (non-hydrogen) atoms. The molecule has 0 bridgehead atoms. The van der Waals surface area contributed by atoms with Gasteiger partial charge in [-0.25, -0.2) is 13.4 Å². The number of carbonyl (C=O) groups is 1. The number of likely N-dealkylation sites (tertiary alicyclic amines) is 1. The van der Waals surface area contributed by atoms with E-state index in [1.807, 2.05) is 0 Å². The quantitative estimate of drug-likeness (QED) is 0.378. The van der Waals surface area contributed by atoms with Gasteiger partial charge < -0.3 is 11.1 Å². The number of halogens is 5. The third-order valence-electron chi connectivity index (χ3n) is 7.19. The van der Waals surface area contributed by atoms with E-state index in [4.69, 9.17) is 28.9 Å². The largest absolute Gasteiger partial charge is 0.416 e. The fourth-order valence-electron chi connectivity index (χ4n) is 5.01. The van der Waals surface area contributed by atoms with Crippen LogP contribution in [0.1, 0.15) is 43.4 Å². The molecule has 1 aromatic heterocycles. The fraction of sp³-hybridized carbons (Fsp3) is 0.444. The van der Waals surface area contributed by atoms with Gasteiger partial charge in [0.1, 0.15) is 0 Å². The van der Waals surface area contributed by atoms with Gasteiger partial charge in [0.05, 0.1) is 51.1 Å². The summed E-state index contributed by atoms with van der Waals surface area (Å²) in [4.78, 5) is 31.4. The third-order valence-corrected chi connectivity index (χ3v) is 9.66. The molecule has 1 amide bonds. The van der Waals surface area contributed by atoms with Crippen LogP contribution in [0.4, 0.5) is 13.2 Å². The number of sulfone groups is 1. The molecule has 0 saturated carbocycles. The Morgan fingerprint density at radius 2 is 1.95 bits per heavy atom. The Morgan fingerprint density at radius 1 is 1.24 bits per heavy atom. The molecule has 1 aliphatic rings. The first-order chi connectivity index (χ1) is 19.6. The van der Waals surface area contributed by atoms with Crippen molar-refractivity contribution in [2.24, 2.45) is 5.73 Å². The number of fused-ring (bicyclic) bond motifs is 1. The normalized spacial score (nSPS) is 17.4. The van der Waals surface area contributed by atoms with E-state index in [1.54, 1.807) is 11.8 Å². The zero-order valence-electron chi connectivity index (χ0n) is 22.8. The number of benzene rings is 2. The zero-order chi connectivity index (χ0) is 31.0. The lowest BCUT2D eigenvalue weighted by molar-refractivity contribution is -0.138. The Kier molecular flexibility index (Phi) is 9.58. The van der Waals surface area contributed by atoms with Crippen LogP contribution in [0.5, 0.6) is 0 Å². The average Bonchev–Trinajstić information content (AvgIpc) is 2.91. The number of nitrogens with two attached hydrogens (primary N) is 1. The highest BCUT2D eigenvalue weighted by Crippen LogP contribution is 2.39. The number of nitrogens with zero attached hydrogens (tertiary/aromatic N) is 3. The molecule has 228 valence electrons. The molecule has 2 atom stereocenters. The Labute approximate surface area is 250 Å². The number of alkyl halides is 3. The summed E-state index contributed by atoms with van der Waals surface area (Å²) in [5.41, 5.74) is 3.59. The molecule has 2 heterocycles. The second-order valence-corrected chi connectivity index (χ2v) is 13.4. The molecular weight excluding hydrogens is 618 g/mol. The van der Waals surface area contributed by atoms with Crippen LogP contribution >= 0.6 is 23.2 Å². The van der Waals surface area contributed by atoms with Crippen LogP contribution in [-0.4, -0.2) is 59.7 Å². The fourth-order valence-corrected chi connectivity index (χ4v) is 6.63. The van der Waals surface area contributed by atoms with E-state index in [9.17, 15) is 31.2 Å². The van der Waals surface area contributed by atoms with E-state index in [1.165, 1.54) is 25.1 Å². The van der Waals surface area contributed by atoms with Gasteiger partial charge in [0, 0.05) is 24.2 Å². The molecule has 9 nitrogen and oxygen atoms in total. The molecule has 1 aliphatic heterocycles. The lowest BCUT2D eigenvalue weighted by Crippen LogP contribution is -2.51. The van der Waals surface area contributed by atoms with E-state index in [2.05, 4.69) is 10.3 Å². The van der Waals surface area contributed by atoms with Crippen molar-refractivity contribution in [3.63, 3.8) is 0 Å². The second-order valence-electron chi connectivity index (χ2n) is 10.3. The minimum absolute atomic E-state index is 0.0392. The monoisotopic (exact) mass is 647 g/mol. The number of amides is 1. The molecule has 0 radical (unpaired) electrons. The molecular formula is C27H30Cl2F3N5O4S. The Balaban J connectivity index is 1.74. The van der Waals surface area contributed by atoms with Crippen LogP contribution in [0.3, 0.4) is 0 Å². The maximum atomic E-state index is 14.3. The SMILES string of the molecule is CCS(=O)(=O)c1ccc(Cl)cc1Cn1cnc2c(Cl)c(CN3CCC[C@H](NC(=O)[C@@H](C)N)C3)c(C(F)(F)F)cc2c1=O. The highest BCUT2D eigenvalue weighted by molar-refractivity contribution is 7.91. The summed E-state index contributed by atoms with van der Waals surface area (Å²) in [5, 5.41) is 2.38. The van der Waals surface area contributed by atoms with Gasteiger partial charge in [-0.05, 0) is 61.7 Å². The zero-order valence-corrected chi connectivity index (χ0v) is 25.2. The topological polar surface area (TPSA) is 127 Å². The summed E-state index contributed by atoms with van der Waals surface area (Å²) in [6.45, 7) is 3.31. The van der Waals surface area contributed by atoms with Gasteiger partial charge >= 0.3 is 6.18 Å². The van der Waals surface area contributed by atoms with E-state index in [0.717, 1.165) is 17.0 Å². The van der Waals surface area contributed by atoms with Gasteiger partial charge in [-0.15, -0.1) is 0 Å². The summed E-state index contributed by atoms with van der Waals surface area (Å²) in [6, 6.07) is 3.86. The highest BCUT2D eigenvalue weighted by Gasteiger charge is 2.37. The van der Waals surface area contributed by atoms with Crippen LogP contribution < -0.4 is 16.6 Å². The minimum Gasteiger partial charge on any atom is -0.351 e. The molecule has 3 aromatic rings. The van der Waals surface area contributed by atoms with Crippen molar-refractivity contribution in [3.8, 4) is 0 Å².